The maximum absolute atomic E-state index is 12.5. The van der Waals surface area contributed by atoms with E-state index in [0.29, 0.717) is 22.3 Å². The van der Waals surface area contributed by atoms with Crippen molar-refractivity contribution in [3.63, 3.8) is 0 Å². The summed E-state index contributed by atoms with van der Waals surface area (Å²) in [6, 6.07) is 12.5. The molecule has 148 valence electrons. The smallest absolute Gasteiger partial charge is 0.387 e. The predicted molar refractivity (Wildman–Crippen MR) is 103 cm³/mol. The second-order valence-corrected chi connectivity index (χ2v) is 7.10. The summed E-state index contributed by atoms with van der Waals surface area (Å²) in [6.07, 6.45) is 0. The Morgan fingerprint density at radius 2 is 1.82 bits per heavy atom. The normalized spacial score (nSPS) is 11.0. The standard InChI is InChI=1S/C19H20F2N4O2S/c1-12-7-13(2)9-15(8-12)26-10-17-23-24-19(25(17)22)28-11-14-5-3-4-6-16(14)27-18(20)21/h3-9,18H,10-11,22H2,1-2H3. The molecular formula is C19H20F2N4O2S. The second kappa shape index (κ2) is 8.92. The summed E-state index contributed by atoms with van der Waals surface area (Å²) >= 11 is 1.27. The van der Waals surface area contributed by atoms with Crippen molar-refractivity contribution in [1.82, 2.24) is 14.9 Å². The number of alkyl halides is 2. The molecular weight excluding hydrogens is 386 g/mol. The van der Waals surface area contributed by atoms with Crippen molar-refractivity contribution < 1.29 is 18.3 Å². The van der Waals surface area contributed by atoms with E-state index >= 15 is 0 Å². The van der Waals surface area contributed by atoms with Gasteiger partial charge in [0.25, 0.3) is 0 Å². The number of nitrogens with zero attached hydrogens (tertiary/aromatic N) is 3. The lowest BCUT2D eigenvalue weighted by molar-refractivity contribution is -0.0503. The van der Waals surface area contributed by atoms with Crippen LogP contribution in [0.1, 0.15) is 22.5 Å². The van der Waals surface area contributed by atoms with Gasteiger partial charge in [-0.25, -0.2) is 4.68 Å². The highest BCUT2D eigenvalue weighted by Crippen LogP contribution is 2.28. The number of aromatic nitrogens is 3. The minimum absolute atomic E-state index is 0.131. The van der Waals surface area contributed by atoms with Gasteiger partial charge in [0, 0.05) is 11.3 Å². The van der Waals surface area contributed by atoms with E-state index in [2.05, 4.69) is 21.0 Å². The highest BCUT2D eigenvalue weighted by atomic mass is 32.2. The number of para-hydroxylation sites is 1. The van der Waals surface area contributed by atoms with Gasteiger partial charge in [-0.15, -0.1) is 10.2 Å². The number of benzene rings is 2. The van der Waals surface area contributed by atoms with Crippen LogP contribution in [0.5, 0.6) is 11.5 Å². The molecule has 0 saturated heterocycles. The lowest BCUT2D eigenvalue weighted by Gasteiger charge is -2.10. The SMILES string of the molecule is Cc1cc(C)cc(OCc2nnc(SCc3ccccc3OC(F)F)n2N)c1. The quantitative estimate of drug-likeness (QED) is 0.449. The fourth-order valence-corrected chi connectivity index (χ4v) is 3.51. The van der Waals surface area contributed by atoms with Crippen molar-refractivity contribution in [3.8, 4) is 11.5 Å². The lowest BCUT2D eigenvalue weighted by Crippen LogP contribution is -2.15. The van der Waals surface area contributed by atoms with Gasteiger partial charge in [-0.2, -0.15) is 8.78 Å². The Hall–Kier alpha value is -2.81. The van der Waals surface area contributed by atoms with Gasteiger partial charge in [0.15, 0.2) is 5.82 Å². The fraction of sp³-hybridized carbons (Fsp3) is 0.263. The number of ether oxygens (including phenoxy) is 2. The van der Waals surface area contributed by atoms with Gasteiger partial charge in [0.05, 0.1) is 0 Å². The number of halogens is 2. The molecule has 1 aromatic heterocycles. The largest absolute Gasteiger partial charge is 0.486 e. The molecule has 0 aliphatic heterocycles. The number of rotatable bonds is 8. The molecule has 2 N–H and O–H groups in total. The van der Waals surface area contributed by atoms with E-state index in [-0.39, 0.29) is 12.4 Å². The number of thioether (sulfide) groups is 1. The van der Waals surface area contributed by atoms with Gasteiger partial charge in [-0.3, -0.25) is 0 Å². The van der Waals surface area contributed by atoms with E-state index in [1.165, 1.54) is 22.5 Å². The van der Waals surface area contributed by atoms with Crippen LogP contribution in [0.2, 0.25) is 0 Å². The molecule has 0 radical (unpaired) electrons. The molecule has 2 aromatic carbocycles. The minimum Gasteiger partial charge on any atom is -0.486 e. The van der Waals surface area contributed by atoms with Crippen LogP contribution >= 0.6 is 11.8 Å². The molecule has 0 amide bonds. The third kappa shape index (κ3) is 5.13. The molecule has 0 atom stereocenters. The molecule has 0 bridgehead atoms. The summed E-state index contributed by atoms with van der Waals surface area (Å²) in [5.41, 5.74) is 2.82. The van der Waals surface area contributed by atoms with Crippen molar-refractivity contribution in [1.29, 1.82) is 0 Å². The van der Waals surface area contributed by atoms with Gasteiger partial charge >= 0.3 is 6.61 Å². The van der Waals surface area contributed by atoms with Gasteiger partial charge in [-0.05, 0) is 43.2 Å². The molecule has 3 aromatic rings. The van der Waals surface area contributed by atoms with Gasteiger partial charge in [0.1, 0.15) is 18.1 Å². The van der Waals surface area contributed by atoms with E-state index in [4.69, 9.17) is 10.6 Å². The van der Waals surface area contributed by atoms with Crippen LogP contribution in [0.15, 0.2) is 47.6 Å². The molecule has 28 heavy (non-hydrogen) atoms. The monoisotopic (exact) mass is 406 g/mol. The van der Waals surface area contributed by atoms with Crippen molar-refractivity contribution in [2.24, 2.45) is 0 Å². The minimum atomic E-state index is -2.88. The molecule has 0 aliphatic rings. The van der Waals surface area contributed by atoms with E-state index in [0.717, 1.165) is 16.9 Å². The summed E-state index contributed by atoms with van der Waals surface area (Å²) in [4.78, 5) is 0. The zero-order chi connectivity index (χ0) is 20.1. The Morgan fingerprint density at radius 3 is 2.54 bits per heavy atom. The average molecular weight is 406 g/mol. The van der Waals surface area contributed by atoms with Crippen LogP contribution in [-0.4, -0.2) is 21.5 Å². The van der Waals surface area contributed by atoms with Gasteiger partial charge < -0.3 is 15.3 Å². The van der Waals surface area contributed by atoms with Crippen molar-refractivity contribution in [2.45, 2.75) is 38.0 Å². The molecule has 0 aliphatic carbocycles. The third-order valence-corrected chi connectivity index (χ3v) is 4.84. The molecule has 0 unspecified atom stereocenters. The molecule has 9 heteroatoms. The zero-order valence-electron chi connectivity index (χ0n) is 15.4. The summed E-state index contributed by atoms with van der Waals surface area (Å²) in [7, 11) is 0. The van der Waals surface area contributed by atoms with Crippen molar-refractivity contribution >= 4 is 11.8 Å². The van der Waals surface area contributed by atoms with Crippen molar-refractivity contribution in [3.05, 3.63) is 65.0 Å². The number of aryl methyl sites for hydroxylation is 2. The highest BCUT2D eigenvalue weighted by molar-refractivity contribution is 7.98. The summed E-state index contributed by atoms with van der Waals surface area (Å²) < 4.78 is 36.7. The molecule has 0 fully saturated rings. The lowest BCUT2D eigenvalue weighted by atomic mass is 10.1. The maximum atomic E-state index is 12.5. The van der Waals surface area contributed by atoms with E-state index in [9.17, 15) is 8.78 Å². The van der Waals surface area contributed by atoms with E-state index < -0.39 is 6.61 Å². The first kappa shape index (κ1) is 19.9. The summed E-state index contributed by atoms with van der Waals surface area (Å²) in [5, 5.41) is 8.55. The number of hydrogen-bond acceptors (Lipinski definition) is 6. The fourth-order valence-electron chi connectivity index (χ4n) is 2.64. The summed E-state index contributed by atoms with van der Waals surface area (Å²) in [6.45, 7) is 1.28. The Labute approximate surface area is 165 Å². The van der Waals surface area contributed by atoms with Crippen LogP contribution in [0, 0.1) is 13.8 Å². The van der Waals surface area contributed by atoms with Crippen LogP contribution in [0.4, 0.5) is 8.78 Å². The summed E-state index contributed by atoms with van der Waals surface area (Å²) in [5.74, 6) is 7.72. The van der Waals surface area contributed by atoms with Gasteiger partial charge in [-0.1, -0.05) is 36.0 Å². The Morgan fingerprint density at radius 1 is 1.11 bits per heavy atom. The molecule has 3 rings (SSSR count). The van der Waals surface area contributed by atoms with Crippen LogP contribution in [0.25, 0.3) is 0 Å². The number of nitrogen functional groups attached to an aromatic ring is 1. The van der Waals surface area contributed by atoms with Crippen molar-refractivity contribution in [2.75, 3.05) is 5.84 Å². The molecule has 0 spiro atoms. The van der Waals surface area contributed by atoms with E-state index in [1.807, 2.05) is 26.0 Å². The van der Waals surface area contributed by atoms with Gasteiger partial charge in [0.2, 0.25) is 5.16 Å². The topological polar surface area (TPSA) is 75.2 Å². The highest BCUT2D eigenvalue weighted by Gasteiger charge is 2.14. The average Bonchev–Trinajstić information content (AvgIpc) is 2.98. The Kier molecular flexibility index (Phi) is 6.35. The third-order valence-electron chi connectivity index (χ3n) is 3.84. The Balaban J connectivity index is 1.64. The molecule has 6 nitrogen and oxygen atoms in total. The maximum Gasteiger partial charge on any atom is 0.387 e. The molecule has 1 heterocycles. The van der Waals surface area contributed by atoms with Crippen LogP contribution < -0.4 is 15.3 Å². The number of nitrogens with two attached hydrogens (primary N) is 1. The van der Waals surface area contributed by atoms with Crippen LogP contribution in [-0.2, 0) is 12.4 Å². The second-order valence-electron chi connectivity index (χ2n) is 6.16. The van der Waals surface area contributed by atoms with E-state index in [1.54, 1.807) is 18.2 Å². The molecule has 0 saturated carbocycles. The zero-order valence-corrected chi connectivity index (χ0v) is 16.2. The predicted octanol–water partition coefficient (Wildman–Crippen LogP) is 4.08. The van der Waals surface area contributed by atoms with Crippen LogP contribution in [0.3, 0.4) is 0 Å². The first-order chi connectivity index (χ1) is 13.4. The first-order valence-electron chi connectivity index (χ1n) is 8.48. The number of hydrogen-bond donors (Lipinski definition) is 1. The Bertz CT molecular complexity index is 929. The first-order valence-corrected chi connectivity index (χ1v) is 9.47.